The molecule has 1 aliphatic rings. The van der Waals surface area contributed by atoms with Crippen LogP contribution in [0, 0.1) is 6.92 Å². The Kier molecular flexibility index (Phi) is 3.61. The third-order valence-electron chi connectivity index (χ3n) is 3.96. The van der Waals surface area contributed by atoms with Crippen LogP contribution < -0.4 is 0 Å². The Morgan fingerprint density at radius 2 is 2.00 bits per heavy atom. The fourth-order valence-electron chi connectivity index (χ4n) is 2.58. The van der Waals surface area contributed by atoms with Crippen LogP contribution in [0.4, 0.5) is 0 Å². The zero-order valence-electron chi connectivity index (χ0n) is 11.9. The van der Waals surface area contributed by atoms with E-state index in [2.05, 4.69) is 28.6 Å². The number of carbonyl (C=O) groups is 1. The van der Waals surface area contributed by atoms with Gasteiger partial charge in [0.1, 0.15) is 10.7 Å². The third kappa shape index (κ3) is 2.38. The molecule has 0 aromatic carbocycles. The fraction of sp³-hybridized carbons (Fsp3) is 0.467. The fourth-order valence-corrected chi connectivity index (χ4v) is 3.43. The summed E-state index contributed by atoms with van der Waals surface area (Å²) in [6, 6.07) is 4.13. The Morgan fingerprint density at radius 3 is 2.65 bits per heavy atom. The van der Waals surface area contributed by atoms with Crippen molar-refractivity contribution in [2.24, 2.45) is 7.05 Å². The maximum absolute atomic E-state index is 12.4. The van der Waals surface area contributed by atoms with Crippen molar-refractivity contribution >= 4 is 17.2 Å². The molecule has 0 radical (unpaired) electrons. The summed E-state index contributed by atoms with van der Waals surface area (Å²) in [7, 11) is 2.03. The van der Waals surface area contributed by atoms with Crippen molar-refractivity contribution in [2.75, 3.05) is 13.1 Å². The van der Waals surface area contributed by atoms with Gasteiger partial charge in [0.2, 0.25) is 0 Å². The smallest absolute Gasteiger partial charge is 0.273 e. The van der Waals surface area contributed by atoms with Crippen LogP contribution in [0.25, 0.3) is 10.7 Å². The summed E-state index contributed by atoms with van der Waals surface area (Å²) in [5, 5.41) is 2.80. The van der Waals surface area contributed by atoms with Gasteiger partial charge in [-0.1, -0.05) is 0 Å². The molecule has 3 rings (SSSR count). The van der Waals surface area contributed by atoms with Crippen molar-refractivity contribution < 1.29 is 4.79 Å². The number of rotatable bonds is 2. The lowest BCUT2D eigenvalue weighted by atomic mass is 10.1. The van der Waals surface area contributed by atoms with Crippen molar-refractivity contribution in [2.45, 2.75) is 26.2 Å². The Labute approximate surface area is 123 Å². The van der Waals surface area contributed by atoms with E-state index in [-0.39, 0.29) is 5.91 Å². The van der Waals surface area contributed by atoms with Crippen molar-refractivity contribution in [1.82, 2.24) is 14.5 Å². The second kappa shape index (κ2) is 5.40. The van der Waals surface area contributed by atoms with Gasteiger partial charge in [-0.3, -0.25) is 4.79 Å². The molecule has 0 unspecified atom stereocenters. The number of piperidine rings is 1. The lowest BCUT2D eigenvalue weighted by Crippen LogP contribution is -2.35. The van der Waals surface area contributed by atoms with Crippen LogP contribution in [0.2, 0.25) is 0 Å². The van der Waals surface area contributed by atoms with Crippen LogP contribution in [0.3, 0.4) is 0 Å². The molecule has 2 aromatic rings. The SMILES string of the molecule is Cc1ccc(-c2nc(C(=O)N3CCCCC3)cs2)n1C. The molecule has 4 nitrogen and oxygen atoms in total. The molecule has 20 heavy (non-hydrogen) atoms. The van der Waals surface area contributed by atoms with E-state index in [1.54, 1.807) is 11.3 Å². The zero-order valence-corrected chi connectivity index (χ0v) is 12.7. The van der Waals surface area contributed by atoms with Crippen LogP contribution in [0.15, 0.2) is 17.5 Å². The largest absolute Gasteiger partial charge is 0.346 e. The van der Waals surface area contributed by atoms with E-state index < -0.39 is 0 Å². The average molecular weight is 289 g/mol. The molecule has 0 atom stereocenters. The van der Waals surface area contributed by atoms with Gasteiger partial charge in [-0.25, -0.2) is 4.98 Å². The number of hydrogen-bond donors (Lipinski definition) is 0. The average Bonchev–Trinajstić information content (AvgIpc) is 3.08. The summed E-state index contributed by atoms with van der Waals surface area (Å²) in [6.45, 7) is 3.81. The summed E-state index contributed by atoms with van der Waals surface area (Å²) in [4.78, 5) is 18.9. The highest BCUT2D eigenvalue weighted by molar-refractivity contribution is 7.13. The highest BCUT2D eigenvalue weighted by Crippen LogP contribution is 2.26. The first-order valence-corrected chi connectivity index (χ1v) is 7.92. The van der Waals surface area contributed by atoms with E-state index >= 15 is 0 Å². The van der Waals surface area contributed by atoms with Gasteiger partial charge in [-0.2, -0.15) is 0 Å². The predicted octanol–water partition coefficient (Wildman–Crippen LogP) is 3.08. The summed E-state index contributed by atoms with van der Waals surface area (Å²) < 4.78 is 2.11. The molecule has 0 aliphatic carbocycles. The lowest BCUT2D eigenvalue weighted by molar-refractivity contribution is 0.0719. The van der Waals surface area contributed by atoms with Crippen LogP contribution in [0.1, 0.15) is 35.4 Å². The Bertz CT molecular complexity index is 623. The molecule has 1 fully saturated rings. The van der Waals surface area contributed by atoms with Gasteiger partial charge >= 0.3 is 0 Å². The topological polar surface area (TPSA) is 38.1 Å². The number of aromatic nitrogens is 2. The van der Waals surface area contributed by atoms with E-state index in [0.29, 0.717) is 5.69 Å². The van der Waals surface area contributed by atoms with E-state index in [1.165, 1.54) is 12.1 Å². The summed E-state index contributed by atoms with van der Waals surface area (Å²) in [5.41, 5.74) is 2.86. The first kappa shape index (κ1) is 13.4. The van der Waals surface area contributed by atoms with Crippen molar-refractivity contribution in [3.63, 3.8) is 0 Å². The molecule has 1 amide bonds. The molecular weight excluding hydrogens is 270 g/mol. The summed E-state index contributed by atoms with van der Waals surface area (Å²) >= 11 is 1.54. The first-order chi connectivity index (χ1) is 9.66. The number of hydrogen-bond acceptors (Lipinski definition) is 3. The number of carbonyl (C=O) groups excluding carboxylic acids is 1. The second-order valence-electron chi connectivity index (χ2n) is 5.31. The summed E-state index contributed by atoms with van der Waals surface area (Å²) in [5.74, 6) is 0.0816. The maximum Gasteiger partial charge on any atom is 0.273 e. The normalized spacial score (nSPS) is 15.6. The number of amides is 1. The third-order valence-corrected chi connectivity index (χ3v) is 4.82. The van der Waals surface area contributed by atoms with Gasteiger partial charge < -0.3 is 9.47 Å². The Hall–Kier alpha value is -1.62. The minimum atomic E-state index is 0.0816. The number of likely N-dealkylation sites (tertiary alicyclic amines) is 1. The van der Waals surface area contributed by atoms with Crippen molar-refractivity contribution in [3.05, 3.63) is 28.9 Å². The van der Waals surface area contributed by atoms with E-state index in [1.807, 2.05) is 17.3 Å². The monoisotopic (exact) mass is 289 g/mol. The molecule has 5 heteroatoms. The molecule has 1 saturated heterocycles. The molecule has 0 bridgehead atoms. The molecule has 106 valence electrons. The van der Waals surface area contributed by atoms with E-state index in [0.717, 1.165) is 36.6 Å². The number of thiazole rings is 1. The molecule has 2 aromatic heterocycles. The van der Waals surface area contributed by atoms with Gasteiger partial charge in [0.15, 0.2) is 0 Å². The second-order valence-corrected chi connectivity index (χ2v) is 6.17. The summed E-state index contributed by atoms with van der Waals surface area (Å²) in [6.07, 6.45) is 3.45. The van der Waals surface area contributed by atoms with Crippen molar-refractivity contribution in [3.8, 4) is 10.7 Å². The maximum atomic E-state index is 12.4. The van der Waals surface area contributed by atoms with Crippen LogP contribution in [-0.2, 0) is 7.05 Å². The van der Waals surface area contributed by atoms with Crippen LogP contribution >= 0.6 is 11.3 Å². The van der Waals surface area contributed by atoms with E-state index in [4.69, 9.17) is 0 Å². The molecule has 0 saturated carbocycles. The van der Waals surface area contributed by atoms with Gasteiger partial charge in [-0.05, 0) is 38.3 Å². The first-order valence-electron chi connectivity index (χ1n) is 7.04. The van der Waals surface area contributed by atoms with E-state index in [9.17, 15) is 4.79 Å². The minimum Gasteiger partial charge on any atom is -0.346 e. The quantitative estimate of drug-likeness (QED) is 0.852. The molecule has 0 N–H and O–H groups in total. The lowest BCUT2D eigenvalue weighted by Gasteiger charge is -2.25. The highest BCUT2D eigenvalue weighted by atomic mass is 32.1. The van der Waals surface area contributed by atoms with Gasteiger partial charge in [-0.15, -0.1) is 11.3 Å². The Balaban J connectivity index is 1.83. The minimum absolute atomic E-state index is 0.0816. The number of nitrogens with zero attached hydrogens (tertiary/aromatic N) is 3. The molecule has 0 spiro atoms. The van der Waals surface area contributed by atoms with Crippen LogP contribution in [0.5, 0.6) is 0 Å². The zero-order chi connectivity index (χ0) is 14.1. The van der Waals surface area contributed by atoms with Gasteiger partial charge in [0.25, 0.3) is 5.91 Å². The standard InChI is InChI=1S/C15H19N3OS/c1-11-6-7-13(17(11)2)14-16-12(10-20-14)15(19)18-8-4-3-5-9-18/h6-7,10H,3-5,8-9H2,1-2H3. The van der Waals surface area contributed by atoms with Crippen molar-refractivity contribution in [1.29, 1.82) is 0 Å². The van der Waals surface area contributed by atoms with Crippen LogP contribution in [-0.4, -0.2) is 33.4 Å². The molecule has 3 heterocycles. The van der Waals surface area contributed by atoms with Gasteiger partial charge in [0, 0.05) is 31.2 Å². The van der Waals surface area contributed by atoms with Gasteiger partial charge in [0.05, 0.1) is 5.69 Å². The Morgan fingerprint density at radius 1 is 1.25 bits per heavy atom. The highest BCUT2D eigenvalue weighted by Gasteiger charge is 2.21. The number of aryl methyl sites for hydroxylation is 1. The molecular formula is C15H19N3OS. The predicted molar refractivity (Wildman–Crippen MR) is 81.0 cm³/mol. The molecule has 1 aliphatic heterocycles.